The highest BCUT2D eigenvalue weighted by molar-refractivity contribution is 5.95. The number of nitro benzene ring substituents is 1. The molecule has 190 valence electrons. The summed E-state index contributed by atoms with van der Waals surface area (Å²) in [5, 5.41) is 13.6. The SMILES string of the molecule is CC(C)C(NC(=O)/C=C/c1ccc([N+](=O)[O-])cc1)C(=O)N1CCN(C(=O)C2CCCCC2)C(C)C1. The van der Waals surface area contributed by atoms with E-state index in [-0.39, 0.29) is 35.4 Å². The molecule has 2 fully saturated rings. The summed E-state index contributed by atoms with van der Waals surface area (Å²) in [6, 6.07) is 5.12. The normalized spacial score (nSPS) is 20.2. The fourth-order valence-corrected chi connectivity index (χ4v) is 4.86. The number of nitro groups is 1. The molecule has 35 heavy (non-hydrogen) atoms. The molecule has 9 heteroatoms. The second-order valence-corrected chi connectivity index (χ2v) is 9.91. The Bertz CT molecular complexity index is 953. The first-order chi connectivity index (χ1) is 16.7. The fraction of sp³-hybridized carbons (Fsp3) is 0.577. The van der Waals surface area contributed by atoms with Gasteiger partial charge >= 0.3 is 0 Å². The second-order valence-electron chi connectivity index (χ2n) is 9.91. The lowest BCUT2D eigenvalue weighted by atomic mass is 9.87. The number of non-ortho nitro benzene ring substituents is 1. The molecule has 9 nitrogen and oxygen atoms in total. The summed E-state index contributed by atoms with van der Waals surface area (Å²) in [4.78, 5) is 52.8. The molecule has 3 amide bonds. The van der Waals surface area contributed by atoms with E-state index in [1.54, 1.807) is 23.1 Å². The topological polar surface area (TPSA) is 113 Å². The molecule has 0 bridgehead atoms. The zero-order valence-corrected chi connectivity index (χ0v) is 20.8. The van der Waals surface area contributed by atoms with Crippen LogP contribution >= 0.6 is 0 Å². The lowest BCUT2D eigenvalue weighted by Gasteiger charge is -2.43. The molecule has 1 aromatic rings. The van der Waals surface area contributed by atoms with E-state index in [2.05, 4.69) is 5.32 Å². The Labute approximate surface area is 206 Å². The molecule has 1 saturated carbocycles. The summed E-state index contributed by atoms with van der Waals surface area (Å²) in [5.74, 6) is -0.340. The van der Waals surface area contributed by atoms with Crippen LogP contribution in [-0.4, -0.2) is 64.2 Å². The quantitative estimate of drug-likeness (QED) is 0.362. The summed E-state index contributed by atoms with van der Waals surface area (Å²) >= 11 is 0. The summed E-state index contributed by atoms with van der Waals surface area (Å²) in [6.45, 7) is 7.18. The van der Waals surface area contributed by atoms with Crippen LogP contribution in [0.25, 0.3) is 6.08 Å². The van der Waals surface area contributed by atoms with Crippen molar-refractivity contribution in [1.82, 2.24) is 15.1 Å². The summed E-state index contributed by atoms with van der Waals surface area (Å²) in [5.41, 5.74) is 0.623. The molecule has 1 aliphatic heterocycles. The molecule has 2 aliphatic rings. The van der Waals surface area contributed by atoms with Crippen molar-refractivity contribution in [2.24, 2.45) is 11.8 Å². The number of nitrogens with one attached hydrogen (secondary N) is 1. The largest absolute Gasteiger partial charge is 0.340 e. The molecule has 3 rings (SSSR count). The first kappa shape index (κ1) is 26.4. The van der Waals surface area contributed by atoms with Crippen LogP contribution in [0.2, 0.25) is 0 Å². The van der Waals surface area contributed by atoms with Gasteiger partial charge in [0.1, 0.15) is 6.04 Å². The summed E-state index contributed by atoms with van der Waals surface area (Å²) < 4.78 is 0. The summed E-state index contributed by atoms with van der Waals surface area (Å²) in [6.07, 6.45) is 8.22. The van der Waals surface area contributed by atoms with E-state index in [0.717, 1.165) is 25.7 Å². The molecule has 0 aromatic heterocycles. The molecule has 0 spiro atoms. The Morgan fingerprint density at radius 3 is 2.31 bits per heavy atom. The number of amides is 3. The van der Waals surface area contributed by atoms with Gasteiger partial charge in [-0.1, -0.05) is 33.1 Å². The predicted molar refractivity (Wildman–Crippen MR) is 133 cm³/mol. The third-order valence-electron chi connectivity index (χ3n) is 6.94. The summed E-state index contributed by atoms with van der Waals surface area (Å²) in [7, 11) is 0. The molecule has 2 unspecified atom stereocenters. The first-order valence-electron chi connectivity index (χ1n) is 12.5. The van der Waals surface area contributed by atoms with Crippen molar-refractivity contribution in [2.45, 2.75) is 65.0 Å². The van der Waals surface area contributed by atoms with Crippen molar-refractivity contribution >= 4 is 29.5 Å². The van der Waals surface area contributed by atoms with Crippen LogP contribution in [0.15, 0.2) is 30.3 Å². The van der Waals surface area contributed by atoms with Crippen LogP contribution in [0.1, 0.15) is 58.4 Å². The maximum atomic E-state index is 13.3. The van der Waals surface area contributed by atoms with Crippen LogP contribution < -0.4 is 5.32 Å². The highest BCUT2D eigenvalue weighted by Gasteiger charge is 2.36. The molecule has 2 atom stereocenters. The van der Waals surface area contributed by atoms with Crippen molar-refractivity contribution in [2.75, 3.05) is 19.6 Å². The lowest BCUT2D eigenvalue weighted by Crippen LogP contribution is -2.60. The molecule has 1 aliphatic carbocycles. The van der Waals surface area contributed by atoms with Gasteiger partial charge in [-0.25, -0.2) is 0 Å². The van der Waals surface area contributed by atoms with Gasteiger partial charge in [0.05, 0.1) is 4.92 Å². The van der Waals surface area contributed by atoms with Crippen molar-refractivity contribution in [3.63, 3.8) is 0 Å². The third-order valence-corrected chi connectivity index (χ3v) is 6.94. The van der Waals surface area contributed by atoms with Gasteiger partial charge in [-0.15, -0.1) is 0 Å². The molecular formula is C26H36N4O5. The molecular weight excluding hydrogens is 448 g/mol. The number of hydrogen-bond acceptors (Lipinski definition) is 5. The van der Waals surface area contributed by atoms with Gasteiger partial charge in [-0.3, -0.25) is 24.5 Å². The van der Waals surface area contributed by atoms with E-state index in [1.165, 1.54) is 24.6 Å². The number of benzene rings is 1. The highest BCUT2D eigenvalue weighted by atomic mass is 16.6. The molecule has 1 saturated heterocycles. The van der Waals surface area contributed by atoms with Crippen molar-refractivity contribution in [1.29, 1.82) is 0 Å². The van der Waals surface area contributed by atoms with E-state index in [0.29, 0.717) is 25.2 Å². The van der Waals surface area contributed by atoms with Crippen LogP contribution in [0, 0.1) is 22.0 Å². The monoisotopic (exact) mass is 484 g/mol. The number of carbonyl (C=O) groups excluding carboxylic acids is 3. The zero-order valence-electron chi connectivity index (χ0n) is 20.8. The number of hydrogen-bond donors (Lipinski definition) is 1. The molecule has 1 N–H and O–H groups in total. The lowest BCUT2D eigenvalue weighted by molar-refractivity contribution is -0.384. The minimum Gasteiger partial charge on any atom is -0.340 e. The number of piperazine rings is 1. The number of nitrogens with zero attached hydrogens (tertiary/aromatic N) is 3. The van der Waals surface area contributed by atoms with E-state index >= 15 is 0 Å². The smallest absolute Gasteiger partial charge is 0.269 e. The number of rotatable bonds is 7. The van der Waals surface area contributed by atoms with Crippen LogP contribution in [0.3, 0.4) is 0 Å². The van der Waals surface area contributed by atoms with Gasteiger partial charge in [0.25, 0.3) is 5.69 Å². The zero-order chi connectivity index (χ0) is 25.5. The van der Waals surface area contributed by atoms with Gasteiger partial charge in [0.15, 0.2) is 0 Å². The Morgan fingerprint density at radius 2 is 1.74 bits per heavy atom. The van der Waals surface area contributed by atoms with Crippen molar-refractivity contribution in [3.8, 4) is 0 Å². The standard InChI is InChI=1S/C26H36N4O5/c1-18(2)24(27-23(31)14-11-20-9-12-22(13-10-20)30(34)35)26(33)28-15-16-29(19(3)17-28)25(32)21-7-5-4-6-8-21/h9-14,18-19,21,24H,4-8,15-17H2,1-3H3,(H,27,31)/b14-11+. The van der Waals surface area contributed by atoms with E-state index in [9.17, 15) is 24.5 Å². The predicted octanol–water partition coefficient (Wildman–Crippen LogP) is 3.39. The third kappa shape index (κ3) is 6.90. The van der Waals surface area contributed by atoms with Crippen molar-refractivity contribution in [3.05, 3.63) is 46.0 Å². The van der Waals surface area contributed by atoms with Gasteiger partial charge in [0, 0.05) is 49.8 Å². The Balaban J connectivity index is 1.57. The molecule has 1 heterocycles. The van der Waals surface area contributed by atoms with Crippen molar-refractivity contribution < 1.29 is 19.3 Å². The average molecular weight is 485 g/mol. The van der Waals surface area contributed by atoms with Gasteiger partial charge in [-0.05, 0) is 49.5 Å². The first-order valence-corrected chi connectivity index (χ1v) is 12.5. The van der Waals surface area contributed by atoms with Crippen LogP contribution in [0.4, 0.5) is 5.69 Å². The van der Waals surface area contributed by atoms with E-state index in [1.807, 2.05) is 25.7 Å². The maximum Gasteiger partial charge on any atom is 0.269 e. The minimum atomic E-state index is -0.684. The van der Waals surface area contributed by atoms with Gasteiger partial charge in [0.2, 0.25) is 17.7 Å². The Morgan fingerprint density at radius 1 is 1.09 bits per heavy atom. The maximum absolute atomic E-state index is 13.3. The Hall–Kier alpha value is -3.23. The van der Waals surface area contributed by atoms with Crippen LogP contribution in [0.5, 0.6) is 0 Å². The Kier molecular flexibility index (Phi) is 9.01. The van der Waals surface area contributed by atoms with E-state index < -0.39 is 16.9 Å². The number of carbonyl (C=O) groups is 3. The van der Waals surface area contributed by atoms with Gasteiger partial charge < -0.3 is 15.1 Å². The van der Waals surface area contributed by atoms with E-state index in [4.69, 9.17) is 0 Å². The van der Waals surface area contributed by atoms with Crippen LogP contribution in [-0.2, 0) is 14.4 Å². The second kappa shape index (κ2) is 12.0. The highest BCUT2D eigenvalue weighted by Crippen LogP contribution is 2.27. The fourth-order valence-electron chi connectivity index (χ4n) is 4.86. The molecule has 1 aromatic carbocycles. The average Bonchev–Trinajstić information content (AvgIpc) is 2.85. The minimum absolute atomic E-state index is 0.0214. The van der Waals surface area contributed by atoms with Gasteiger partial charge in [-0.2, -0.15) is 0 Å². The molecule has 0 radical (unpaired) electrons.